The van der Waals surface area contributed by atoms with Gasteiger partial charge in [-0.2, -0.15) is 0 Å². The lowest BCUT2D eigenvalue weighted by atomic mass is 9.94. The Hall–Kier alpha value is -1.09. The van der Waals surface area contributed by atoms with Gasteiger partial charge in [0, 0.05) is 6.04 Å². The van der Waals surface area contributed by atoms with Gasteiger partial charge in [0.1, 0.15) is 0 Å². The lowest BCUT2D eigenvalue weighted by Crippen LogP contribution is -2.22. The normalized spacial score (nSPS) is 14.6. The van der Waals surface area contributed by atoms with Gasteiger partial charge in [-0.05, 0) is 44.0 Å². The van der Waals surface area contributed by atoms with Crippen LogP contribution < -0.4 is 10.1 Å². The summed E-state index contributed by atoms with van der Waals surface area (Å²) in [5.41, 5.74) is 1.01. The zero-order chi connectivity index (χ0) is 12.1. The van der Waals surface area contributed by atoms with Crippen molar-refractivity contribution in [3.05, 3.63) is 29.6 Å². The molecule has 0 saturated carbocycles. The summed E-state index contributed by atoms with van der Waals surface area (Å²) in [7, 11) is 3.41. The molecule has 0 amide bonds. The van der Waals surface area contributed by atoms with E-state index < -0.39 is 0 Å². The van der Waals surface area contributed by atoms with Gasteiger partial charge < -0.3 is 10.1 Å². The summed E-state index contributed by atoms with van der Waals surface area (Å²) in [6.07, 6.45) is 0.988. The van der Waals surface area contributed by atoms with Crippen molar-refractivity contribution >= 4 is 0 Å². The fraction of sp³-hybridized carbons (Fsp3) is 0.538. The maximum atomic E-state index is 13.5. The number of hydrogen-bond acceptors (Lipinski definition) is 2. The van der Waals surface area contributed by atoms with E-state index in [2.05, 4.69) is 19.2 Å². The molecular weight excluding hydrogens is 205 g/mol. The molecule has 90 valence electrons. The van der Waals surface area contributed by atoms with Crippen LogP contribution in [-0.4, -0.2) is 20.2 Å². The maximum Gasteiger partial charge on any atom is 0.165 e. The Balaban J connectivity index is 2.76. The van der Waals surface area contributed by atoms with Gasteiger partial charge >= 0.3 is 0 Å². The van der Waals surface area contributed by atoms with Crippen molar-refractivity contribution in [2.45, 2.75) is 32.2 Å². The Bertz CT molecular complexity index is 341. The first-order valence-corrected chi connectivity index (χ1v) is 5.59. The van der Waals surface area contributed by atoms with Gasteiger partial charge in [0.05, 0.1) is 7.11 Å². The zero-order valence-corrected chi connectivity index (χ0v) is 10.4. The van der Waals surface area contributed by atoms with Crippen molar-refractivity contribution in [1.29, 1.82) is 0 Å². The summed E-state index contributed by atoms with van der Waals surface area (Å²) < 4.78 is 18.4. The lowest BCUT2D eigenvalue weighted by Gasteiger charge is -2.17. The first-order valence-electron chi connectivity index (χ1n) is 5.59. The van der Waals surface area contributed by atoms with Gasteiger partial charge in [-0.1, -0.05) is 13.0 Å². The molecule has 1 N–H and O–H groups in total. The fourth-order valence-corrected chi connectivity index (χ4v) is 1.77. The van der Waals surface area contributed by atoms with Crippen molar-refractivity contribution < 1.29 is 9.13 Å². The highest BCUT2D eigenvalue weighted by molar-refractivity contribution is 5.31. The molecule has 0 aliphatic heterocycles. The second kappa shape index (κ2) is 5.85. The highest BCUT2D eigenvalue weighted by Crippen LogP contribution is 2.25. The number of benzene rings is 1. The molecule has 3 heteroatoms. The average Bonchev–Trinajstić information content (AvgIpc) is 2.28. The number of ether oxygens (including phenoxy) is 1. The minimum atomic E-state index is -0.288. The third-order valence-electron chi connectivity index (χ3n) is 2.94. The van der Waals surface area contributed by atoms with Crippen LogP contribution in [0.25, 0.3) is 0 Å². The van der Waals surface area contributed by atoms with Crippen LogP contribution in [0, 0.1) is 5.82 Å². The van der Waals surface area contributed by atoms with Crippen molar-refractivity contribution in [2.24, 2.45) is 0 Å². The van der Waals surface area contributed by atoms with E-state index >= 15 is 0 Å². The number of rotatable bonds is 5. The predicted octanol–water partition coefficient (Wildman–Crippen LogP) is 2.94. The van der Waals surface area contributed by atoms with Gasteiger partial charge in [0.2, 0.25) is 0 Å². The Morgan fingerprint density at radius 2 is 2.06 bits per heavy atom. The topological polar surface area (TPSA) is 21.3 Å². The van der Waals surface area contributed by atoms with E-state index in [4.69, 9.17) is 4.74 Å². The number of nitrogens with one attached hydrogen (secondary N) is 1. The van der Waals surface area contributed by atoms with E-state index in [1.165, 1.54) is 7.11 Å². The summed E-state index contributed by atoms with van der Waals surface area (Å²) in [5, 5.41) is 3.18. The first kappa shape index (κ1) is 13.0. The quantitative estimate of drug-likeness (QED) is 0.832. The molecular formula is C13H20FNO. The molecule has 16 heavy (non-hydrogen) atoms. The monoisotopic (exact) mass is 225 g/mol. The summed E-state index contributed by atoms with van der Waals surface area (Å²) >= 11 is 0. The van der Waals surface area contributed by atoms with Crippen molar-refractivity contribution in [3.63, 3.8) is 0 Å². The van der Waals surface area contributed by atoms with Crippen LogP contribution in [0.1, 0.15) is 31.7 Å². The Kier molecular flexibility index (Phi) is 4.74. The lowest BCUT2D eigenvalue weighted by molar-refractivity contribution is 0.385. The van der Waals surface area contributed by atoms with Crippen LogP contribution >= 0.6 is 0 Å². The van der Waals surface area contributed by atoms with E-state index in [1.54, 1.807) is 12.1 Å². The minimum absolute atomic E-state index is 0.288. The van der Waals surface area contributed by atoms with Crippen LogP contribution in [0.2, 0.25) is 0 Å². The molecule has 0 aliphatic rings. The van der Waals surface area contributed by atoms with Crippen LogP contribution in [0.15, 0.2) is 18.2 Å². The Labute approximate surface area is 96.8 Å². The van der Waals surface area contributed by atoms with Crippen LogP contribution in [0.4, 0.5) is 4.39 Å². The molecule has 2 atom stereocenters. The summed E-state index contributed by atoms with van der Waals surface area (Å²) in [6.45, 7) is 4.23. The van der Waals surface area contributed by atoms with Gasteiger partial charge in [-0.3, -0.25) is 0 Å². The smallest absolute Gasteiger partial charge is 0.165 e. The summed E-state index contributed by atoms with van der Waals surface area (Å²) in [6, 6.07) is 5.60. The molecule has 0 aliphatic carbocycles. The molecule has 0 spiro atoms. The molecule has 0 heterocycles. The van der Waals surface area contributed by atoms with E-state index in [1.807, 2.05) is 13.1 Å². The maximum absolute atomic E-state index is 13.5. The van der Waals surface area contributed by atoms with E-state index in [-0.39, 0.29) is 5.82 Å². The van der Waals surface area contributed by atoms with Crippen LogP contribution in [-0.2, 0) is 0 Å². The number of hydrogen-bond donors (Lipinski definition) is 1. The number of methoxy groups -OCH3 is 1. The first-order chi connectivity index (χ1) is 7.58. The summed E-state index contributed by atoms with van der Waals surface area (Å²) in [5.74, 6) is 0.351. The highest BCUT2D eigenvalue weighted by Gasteiger charge is 2.12. The Morgan fingerprint density at radius 3 is 2.56 bits per heavy atom. The van der Waals surface area contributed by atoms with Crippen LogP contribution in [0.3, 0.4) is 0 Å². The third kappa shape index (κ3) is 3.20. The van der Waals surface area contributed by atoms with Crippen molar-refractivity contribution in [1.82, 2.24) is 5.32 Å². The molecule has 2 unspecified atom stereocenters. The van der Waals surface area contributed by atoms with Crippen molar-refractivity contribution in [2.75, 3.05) is 14.2 Å². The molecule has 0 aromatic heterocycles. The largest absolute Gasteiger partial charge is 0.494 e. The SMILES string of the molecule is CNC(C)CC(C)c1ccc(OC)c(F)c1. The molecule has 2 nitrogen and oxygen atoms in total. The number of halogens is 1. The highest BCUT2D eigenvalue weighted by atomic mass is 19.1. The molecule has 0 radical (unpaired) electrons. The predicted molar refractivity (Wildman–Crippen MR) is 64.5 cm³/mol. The third-order valence-corrected chi connectivity index (χ3v) is 2.94. The average molecular weight is 225 g/mol. The standard InChI is InChI=1S/C13H20FNO/c1-9(7-10(2)15-3)11-5-6-13(16-4)12(14)8-11/h5-6,8-10,15H,7H2,1-4H3. The minimum Gasteiger partial charge on any atom is -0.494 e. The van der Waals surface area contributed by atoms with E-state index in [9.17, 15) is 4.39 Å². The molecule has 0 bridgehead atoms. The molecule has 1 aromatic carbocycles. The van der Waals surface area contributed by atoms with Crippen LogP contribution in [0.5, 0.6) is 5.75 Å². The van der Waals surface area contributed by atoms with Gasteiger partial charge in [-0.25, -0.2) is 4.39 Å². The van der Waals surface area contributed by atoms with E-state index in [0.717, 1.165) is 12.0 Å². The van der Waals surface area contributed by atoms with Gasteiger partial charge in [0.25, 0.3) is 0 Å². The van der Waals surface area contributed by atoms with Gasteiger partial charge in [0.15, 0.2) is 11.6 Å². The molecule has 1 rings (SSSR count). The summed E-state index contributed by atoms with van der Waals surface area (Å²) in [4.78, 5) is 0. The van der Waals surface area contributed by atoms with E-state index in [0.29, 0.717) is 17.7 Å². The second-order valence-corrected chi connectivity index (χ2v) is 4.22. The molecule has 0 fully saturated rings. The molecule has 1 aromatic rings. The second-order valence-electron chi connectivity index (χ2n) is 4.22. The molecule has 0 saturated heterocycles. The van der Waals surface area contributed by atoms with Gasteiger partial charge in [-0.15, -0.1) is 0 Å². The zero-order valence-electron chi connectivity index (χ0n) is 10.4. The Morgan fingerprint density at radius 1 is 1.38 bits per heavy atom. The fourth-order valence-electron chi connectivity index (χ4n) is 1.77. The van der Waals surface area contributed by atoms with Crippen molar-refractivity contribution in [3.8, 4) is 5.75 Å².